The molecule has 0 aliphatic heterocycles. The molecule has 0 unspecified atom stereocenters. The molecule has 0 aromatic heterocycles. The van der Waals surface area contributed by atoms with Crippen LogP contribution in [0.25, 0.3) is 0 Å². The molecule has 0 bridgehead atoms. The lowest BCUT2D eigenvalue weighted by atomic mass is 10.0. The molecule has 0 fully saturated rings. The maximum absolute atomic E-state index is 5.42. The van der Waals surface area contributed by atoms with Gasteiger partial charge in [-0.1, -0.05) is 89.7 Å². The molecule has 0 aliphatic carbocycles. The molecule has 0 aliphatic rings. The lowest BCUT2D eigenvalue weighted by Gasteiger charge is -2.02. The van der Waals surface area contributed by atoms with Crippen LogP contribution in [0.4, 0.5) is 0 Å². The van der Waals surface area contributed by atoms with Crippen LogP contribution in [0.3, 0.4) is 0 Å². The highest BCUT2D eigenvalue weighted by Crippen LogP contribution is 2.12. The number of rotatable bonds is 16. The molecule has 1 radical (unpaired) electrons. The summed E-state index contributed by atoms with van der Waals surface area (Å²) in [4.78, 5) is 0. The molecule has 0 saturated carbocycles. The summed E-state index contributed by atoms with van der Waals surface area (Å²) < 4.78 is 0. The van der Waals surface area contributed by atoms with Gasteiger partial charge in [0.15, 0.2) is 0 Å². The molecule has 2 N–H and O–H groups in total. The smallest absolute Gasteiger partial charge is 0.00714 e. The third-order valence-corrected chi connectivity index (χ3v) is 3.83. The monoisotopic (exact) mass is 280 g/mol. The Kier molecular flexibility index (Phi) is 18.4. The van der Waals surface area contributed by atoms with Crippen molar-refractivity contribution >= 4 is 0 Å². The number of unbranched alkanes of at least 4 members (excludes halogenated alkanes) is 13. The zero-order chi connectivity index (χ0) is 14.7. The van der Waals surface area contributed by atoms with Gasteiger partial charge in [0.05, 0.1) is 0 Å². The molecule has 20 heavy (non-hydrogen) atoms. The van der Waals surface area contributed by atoms with Gasteiger partial charge in [-0.2, -0.15) is 0 Å². The van der Waals surface area contributed by atoms with Gasteiger partial charge < -0.3 is 5.73 Å². The molecule has 1 heteroatoms. The normalized spacial score (nSPS) is 11.5. The summed E-state index contributed by atoms with van der Waals surface area (Å²) in [7, 11) is 0. The highest BCUT2D eigenvalue weighted by Gasteiger charge is 1.92. The molecule has 119 valence electrons. The maximum Gasteiger partial charge on any atom is -0.00714 e. The van der Waals surface area contributed by atoms with Gasteiger partial charge in [-0.15, -0.1) is 0 Å². The quantitative estimate of drug-likeness (QED) is 0.335. The number of nitrogens with two attached hydrogens (primary N) is 1. The second-order valence-electron chi connectivity index (χ2n) is 5.92. The molecule has 0 aromatic carbocycles. The van der Waals surface area contributed by atoms with E-state index >= 15 is 0 Å². The van der Waals surface area contributed by atoms with Gasteiger partial charge in [0, 0.05) is 0 Å². The van der Waals surface area contributed by atoms with E-state index in [1.54, 1.807) is 0 Å². The van der Waals surface area contributed by atoms with E-state index in [2.05, 4.69) is 25.5 Å². The van der Waals surface area contributed by atoms with Crippen molar-refractivity contribution in [3.8, 4) is 0 Å². The summed E-state index contributed by atoms with van der Waals surface area (Å²) in [6.07, 6.45) is 26.0. The van der Waals surface area contributed by atoms with E-state index in [1.807, 2.05) is 0 Å². The molecule has 0 amide bonds. The summed E-state index contributed by atoms with van der Waals surface area (Å²) in [6.45, 7) is 3.05. The molecule has 1 nitrogen and oxygen atoms in total. The Morgan fingerprint density at radius 1 is 0.650 bits per heavy atom. The van der Waals surface area contributed by atoms with Gasteiger partial charge in [-0.05, 0) is 32.2 Å². The molecule has 0 spiro atoms. The van der Waals surface area contributed by atoms with E-state index in [0.29, 0.717) is 0 Å². The SMILES string of the molecule is CCCCCCCCCCCCCCC=C[CH]CCN. The number of hydrogen-bond acceptors (Lipinski definition) is 1. The average molecular weight is 281 g/mol. The first-order chi connectivity index (χ1) is 9.91. The van der Waals surface area contributed by atoms with Crippen molar-refractivity contribution in [2.75, 3.05) is 6.54 Å². The molecule has 0 heterocycles. The van der Waals surface area contributed by atoms with Crippen LogP contribution in [0.2, 0.25) is 0 Å². The summed E-state index contributed by atoms with van der Waals surface area (Å²) >= 11 is 0. The Morgan fingerprint density at radius 2 is 1.15 bits per heavy atom. The van der Waals surface area contributed by atoms with Crippen molar-refractivity contribution in [2.24, 2.45) is 5.73 Å². The molecule has 0 saturated heterocycles. The van der Waals surface area contributed by atoms with Crippen molar-refractivity contribution in [1.82, 2.24) is 0 Å². The zero-order valence-electron chi connectivity index (χ0n) is 13.9. The second-order valence-corrected chi connectivity index (χ2v) is 5.92. The fourth-order valence-electron chi connectivity index (χ4n) is 2.49. The summed E-state index contributed by atoms with van der Waals surface area (Å²) in [6, 6.07) is 0. The van der Waals surface area contributed by atoms with Gasteiger partial charge in [0.25, 0.3) is 0 Å². The fourth-order valence-corrected chi connectivity index (χ4v) is 2.49. The zero-order valence-corrected chi connectivity index (χ0v) is 13.9. The Hall–Kier alpha value is -0.300. The number of allylic oxidation sites excluding steroid dienone is 2. The van der Waals surface area contributed by atoms with Crippen LogP contribution >= 0.6 is 0 Å². The Balaban J connectivity index is 2.97. The molecule has 0 aromatic rings. The van der Waals surface area contributed by atoms with Crippen molar-refractivity contribution < 1.29 is 0 Å². The van der Waals surface area contributed by atoms with E-state index in [0.717, 1.165) is 13.0 Å². The molecular weight excluding hydrogens is 242 g/mol. The highest BCUT2D eigenvalue weighted by molar-refractivity contribution is 4.94. The Bertz CT molecular complexity index is 186. The molecular formula is C19H38N. The van der Waals surface area contributed by atoms with Crippen LogP contribution in [0.15, 0.2) is 12.2 Å². The lowest BCUT2D eigenvalue weighted by Crippen LogP contribution is -1.96. The van der Waals surface area contributed by atoms with Crippen LogP contribution in [-0.4, -0.2) is 6.54 Å². The van der Waals surface area contributed by atoms with Crippen LogP contribution in [0.1, 0.15) is 96.8 Å². The second kappa shape index (κ2) is 18.7. The van der Waals surface area contributed by atoms with Crippen molar-refractivity contribution in [1.29, 1.82) is 0 Å². The van der Waals surface area contributed by atoms with Crippen molar-refractivity contribution in [3.05, 3.63) is 18.6 Å². The topological polar surface area (TPSA) is 26.0 Å². The maximum atomic E-state index is 5.42. The summed E-state index contributed by atoms with van der Waals surface area (Å²) in [5.74, 6) is 0. The minimum atomic E-state index is 0.767. The largest absolute Gasteiger partial charge is 0.330 e. The van der Waals surface area contributed by atoms with E-state index in [4.69, 9.17) is 5.73 Å². The summed E-state index contributed by atoms with van der Waals surface area (Å²) in [5, 5.41) is 0. The first-order valence-electron chi connectivity index (χ1n) is 9.10. The minimum Gasteiger partial charge on any atom is -0.330 e. The van der Waals surface area contributed by atoms with E-state index < -0.39 is 0 Å². The first kappa shape index (κ1) is 19.7. The van der Waals surface area contributed by atoms with Crippen LogP contribution in [0, 0.1) is 6.42 Å². The van der Waals surface area contributed by atoms with Gasteiger partial charge in [-0.3, -0.25) is 0 Å². The number of hydrogen-bond donors (Lipinski definition) is 1. The fraction of sp³-hybridized carbons (Fsp3) is 0.842. The van der Waals surface area contributed by atoms with E-state index in [9.17, 15) is 0 Å². The van der Waals surface area contributed by atoms with Crippen LogP contribution in [0.5, 0.6) is 0 Å². The van der Waals surface area contributed by atoms with Gasteiger partial charge in [0.1, 0.15) is 0 Å². The van der Waals surface area contributed by atoms with Gasteiger partial charge in [-0.25, -0.2) is 0 Å². The van der Waals surface area contributed by atoms with E-state index in [-0.39, 0.29) is 0 Å². The van der Waals surface area contributed by atoms with Crippen molar-refractivity contribution in [2.45, 2.75) is 96.8 Å². The minimum absolute atomic E-state index is 0.767. The third-order valence-electron chi connectivity index (χ3n) is 3.83. The van der Waals surface area contributed by atoms with Gasteiger partial charge >= 0.3 is 0 Å². The van der Waals surface area contributed by atoms with Crippen molar-refractivity contribution in [3.63, 3.8) is 0 Å². The molecule has 0 rings (SSSR count). The highest BCUT2D eigenvalue weighted by atomic mass is 14.5. The van der Waals surface area contributed by atoms with E-state index in [1.165, 1.54) is 83.5 Å². The Labute approximate surface area is 128 Å². The third kappa shape index (κ3) is 17.7. The average Bonchev–Trinajstić information content (AvgIpc) is 2.47. The first-order valence-corrected chi connectivity index (χ1v) is 9.10. The lowest BCUT2D eigenvalue weighted by molar-refractivity contribution is 0.545. The van der Waals surface area contributed by atoms with Crippen LogP contribution < -0.4 is 5.73 Å². The standard InChI is InChI=1S/C19H38N/c1-2-3-4-5-6-7-8-9-10-11-12-13-14-15-16-17-18-19-20/h15-17H,2-14,18-20H2,1H3. The predicted octanol–water partition coefficient (Wildman–Crippen LogP) is 6.19. The van der Waals surface area contributed by atoms with Gasteiger partial charge in [0.2, 0.25) is 0 Å². The summed E-state index contributed by atoms with van der Waals surface area (Å²) in [5.41, 5.74) is 5.42. The Morgan fingerprint density at radius 3 is 1.65 bits per heavy atom. The molecule has 0 atom stereocenters. The van der Waals surface area contributed by atoms with Crippen LogP contribution in [-0.2, 0) is 0 Å². The predicted molar refractivity (Wildman–Crippen MR) is 92.8 cm³/mol.